The van der Waals surface area contributed by atoms with E-state index in [1.54, 1.807) is 33.5 Å². The first-order valence-electron chi connectivity index (χ1n) is 8.15. The number of ether oxygens (including phenoxy) is 4. The van der Waals surface area contributed by atoms with E-state index in [4.69, 9.17) is 24.7 Å². The Balaban J connectivity index is 1.90. The maximum atomic E-state index is 5.94. The number of aliphatic imine (C=N–C) groups is 1. The van der Waals surface area contributed by atoms with Gasteiger partial charge >= 0.3 is 0 Å². The van der Waals surface area contributed by atoms with Gasteiger partial charge in [-0.1, -0.05) is 0 Å². The molecule has 26 heavy (non-hydrogen) atoms. The van der Waals surface area contributed by atoms with Crippen LogP contribution in [0.3, 0.4) is 0 Å². The molecular formula is C19H25N3O4. The van der Waals surface area contributed by atoms with Crippen LogP contribution in [0.2, 0.25) is 0 Å². The van der Waals surface area contributed by atoms with Gasteiger partial charge in [0.05, 0.1) is 27.9 Å². The lowest BCUT2D eigenvalue weighted by molar-refractivity contribution is 0.230. The summed E-state index contributed by atoms with van der Waals surface area (Å²) in [6, 6.07) is 12.8. The number of benzene rings is 2. The maximum Gasteiger partial charge on any atom is 0.193 e. The Morgan fingerprint density at radius 1 is 0.962 bits per heavy atom. The summed E-state index contributed by atoms with van der Waals surface area (Å²) >= 11 is 0. The number of methoxy groups -OCH3 is 3. The van der Waals surface area contributed by atoms with E-state index in [0.717, 1.165) is 17.2 Å². The van der Waals surface area contributed by atoms with Gasteiger partial charge in [-0.25, -0.2) is 4.99 Å². The minimum Gasteiger partial charge on any atom is -0.497 e. The lowest BCUT2D eigenvalue weighted by atomic mass is 10.3. The van der Waals surface area contributed by atoms with Crippen molar-refractivity contribution < 1.29 is 18.9 Å². The fraction of sp³-hybridized carbons (Fsp3) is 0.316. The molecule has 1 unspecified atom stereocenters. The molecule has 0 bridgehead atoms. The number of hydrogen-bond acceptors (Lipinski definition) is 5. The summed E-state index contributed by atoms with van der Waals surface area (Å²) in [5.74, 6) is 3.09. The molecule has 140 valence electrons. The third kappa shape index (κ3) is 5.47. The Labute approximate surface area is 153 Å². The molecule has 2 rings (SSSR count). The van der Waals surface area contributed by atoms with Crippen LogP contribution in [0.5, 0.6) is 23.0 Å². The first kappa shape index (κ1) is 19.2. The summed E-state index contributed by atoms with van der Waals surface area (Å²) in [6.07, 6.45) is -0.130. The molecule has 0 radical (unpaired) electrons. The second kappa shape index (κ2) is 9.41. The maximum absolute atomic E-state index is 5.94. The highest BCUT2D eigenvalue weighted by molar-refractivity contribution is 5.92. The SMILES string of the molecule is COc1ccc(OC(C)CN=C(N)Nc2ccc(OC)c(OC)c2)cc1. The Kier molecular flexibility index (Phi) is 6.96. The topological polar surface area (TPSA) is 87.3 Å². The zero-order chi connectivity index (χ0) is 18.9. The third-order valence-electron chi connectivity index (χ3n) is 3.57. The smallest absolute Gasteiger partial charge is 0.193 e. The van der Waals surface area contributed by atoms with Crippen molar-refractivity contribution in [2.45, 2.75) is 13.0 Å². The Morgan fingerprint density at radius 2 is 1.62 bits per heavy atom. The van der Waals surface area contributed by atoms with E-state index in [9.17, 15) is 0 Å². The number of anilines is 1. The first-order valence-corrected chi connectivity index (χ1v) is 8.15. The van der Waals surface area contributed by atoms with Crippen molar-refractivity contribution in [1.29, 1.82) is 0 Å². The molecule has 0 amide bonds. The average molecular weight is 359 g/mol. The van der Waals surface area contributed by atoms with Gasteiger partial charge in [0.15, 0.2) is 17.5 Å². The van der Waals surface area contributed by atoms with Crippen LogP contribution in [-0.4, -0.2) is 39.9 Å². The minimum absolute atomic E-state index is 0.130. The molecule has 0 aromatic heterocycles. The van der Waals surface area contributed by atoms with E-state index in [2.05, 4.69) is 10.3 Å². The first-order chi connectivity index (χ1) is 12.5. The Morgan fingerprint density at radius 3 is 2.23 bits per heavy atom. The van der Waals surface area contributed by atoms with E-state index in [1.165, 1.54) is 0 Å². The Bertz CT molecular complexity index is 732. The standard InChI is InChI=1S/C19H25N3O4/c1-13(26-16-8-6-15(23-2)7-9-16)12-21-19(20)22-14-5-10-17(24-3)18(11-14)25-4/h5-11,13H,12H2,1-4H3,(H3,20,21,22). The predicted octanol–water partition coefficient (Wildman–Crippen LogP) is 2.91. The van der Waals surface area contributed by atoms with Crippen molar-refractivity contribution in [3.8, 4) is 23.0 Å². The van der Waals surface area contributed by atoms with Crippen LogP contribution in [0, 0.1) is 0 Å². The average Bonchev–Trinajstić information content (AvgIpc) is 2.67. The van der Waals surface area contributed by atoms with Crippen molar-refractivity contribution in [1.82, 2.24) is 0 Å². The van der Waals surface area contributed by atoms with Gasteiger partial charge in [0.2, 0.25) is 0 Å². The molecule has 0 heterocycles. The molecule has 7 heteroatoms. The fourth-order valence-electron chi connectivity index (χ4n) is 2.25. The number of hydrogen-bond donors (Lipinski definition) is 2. The summed E-state index contributed by atoms with van der Waals surface area (Å²) in [6.45, 7) is 2.34. The number of nitrogens with two attached hydrogens (primary N) is 1. The zero-order valence-corrected chi connectivity index (χ0v) is 15.5. The summed E-state index contributed by atoms with van der Waals surface area (Å²) in [5, 5.41) is 3.02. The van der Waals surface area contributed by atoms with Crippen LogP contribution in [0.4, 0.5) is 5.69 Å². The van der Waals surface area contributed by atoms with Gasteiger partial charge < -0.3 is 30.0 Å². The summed E-state index contributed by atoms with van der Waals surface area (Å²) in [7, 11) is 4.80. The fourth-order valence-corrected chi connectivity index (χ4v) is 2.25. The Hall–Kier alpha value is -3.09. The number of rotatable bonds is 8. The molecule has 0 aliphatic rings. The molecule has 2 aromatic carbocycles. The second-order valence-corrected chi connectivity index (χ2v) is 5.52. The van der Waals surface area contributed by atoms with Crippen molar-refractivity contribution in [2.24, 2.45) is 10.7 Å². The predicted molar refractivity (Wildman–Crippen MR) is 103 cm³/mol. The van der Waals surface area contributed by atoms with Crippen LogP contribution in [0.1, 0.15) is 6.92 Å². The normalized spacial score (nSPS) is 12.2. The number of guanidine groups is 1. The van der Waals surface area contributed by atoms with Crippen LogP contribution in [0.25, 0.3) is 0 Å². The lowest BCUT2D eigenvalue weighted by Gasteiger charge is -2.14. The van der Waals surface area contributed by atoms with Gasteiger partial charge in [0.1, 0.15) is 17.6 Å². The van der Waals surface area contributed by atoms with E-state index >= 15 is 0 Å². The molecule has 2 aromatic rings. The van der Waals surface area contributed by atoms with E-state index in [-0.39, 0.29) is 6.10 Å². The van der Waals surface area contributed by atoms with Crippen molar-refractivity contribution in [3.05, 3.63) is 42.5 Å². The summed E-state index contributed by atoms with van der Waals surface area (Å²) < 4.78 is 21.4. The van der Waals surface area contributed by atoms with E-state index in [0.29, 0.717) is 24.0 Å². The monoisotopic (exact) mass is 359 g/mol. The van der Waals surface area contributed by atoms with E-state index < -0.39 is 0 Å². The van der Waals surface area contributed by atoms with Gasteiger partial charge in [-0.2, -0.15) is 0 Å². The van der Waals surface area contributed by atoms with Crippen molar-refractivity contribution >= 4 is 11.6 Å². The number of nitrogens with zero attached hydrogens (tertiary/aromatic N) is 1. The van der Waals surface area contributed by atoms with Crippen LogP contribution in [0.15, 0.2) is 47.5 Å². The van der Waals surface area contributed by atoms with Gasteiger partial charge in [-0.15, -0.1) is 0 Å². The van der Waals surface area contributed by atoms with Crippen LogP contribution < -0.4 is 30.0 Å². The van der Waals surface area contributed by atoms with E-state index in [1.807, 2.05) is 37.3 Å². The van der Waals surface area contributed by atoms with Crippen molar-refractivity contribution in [2.75, 3.05) is 33.2 Å². The van der Waals surface area contributed by atoms with Gasteiger partial charge in [0.25, 0.3) is 0 Å². The zero-order valence-electron chi connectivity index (χ0n) is 15.5. The van der Waals surface area contributed by atoms with Gasteiger partial charge in [0, 0.05) is 11.8 Å². The minimum atomic E-state index is -0.130. The molecule has 7 nitrogen and oxygen atoms in total. The highest BCUT2D eigenvalue weighted by Gasteiger charge is 2.07. The highest BCUT2D eigenvalue weighted by atomic mass is 16.5. The van der Waals surface area contributed by atoms with Crippen molar-refractivity contribution in [3.63, 3.8) is 0 Å². The van der Waals surface area contributed by atoms with Gasteiger partial charge in [-0.3, -0.25) is 0 Å². The highest BCUT2D eigenvalue weighted by Crippen LogP contribution is 2.29. The molecule has 1 atom stereocenters. The molecule has 0 fully saturated rings. The second-order valence-electron chi connectivity index (χ2n) is 5.52. The molecule has 0 aliphatic heterocycles. The molecule has 0 spiro atoms. The van der Waals surface area contributed by atoms with Crippen LogP contribution >= 0.6 is 0 Å². The molecule has 0 saturated carbocycles. The molecule has 3 N–H and O–H groups in total. The third-order valence-corrected chi connectivity index (χ3v) is 3.57. The number of nitrogens with one attached hydrogen (secondary N) is 1. The van der Waals surface area contributed by atoms with Crippen LogP contribution in [-0.2, 0) is 0 Å². The molecular weight excluding hydrogens is 334 g/mol. The summed E-state index contributed by atoms with van der Waals surface area (Å²) in [4.78, 5) is 4.31. The molecule has 0 aliphatic carbocycles. The summed E-state index contributed by atoms with van der Waals surface area (Å²) in [5.41, 5.74) is 6.70. The lowest BCUT2D eigenvalue weighted by Crippen LogP contribution is -2.25. The molecule has 0 saturated heterocycles. The quantitative estimate of drug-likeness (QED) is 0.557. The van der Waals surface area contributed by atoms with Gasteiger partial charge in [-0.05, 0) is 43.3 Å². The largest absolute Gasteiger partial charge is 0.497 e.